The number of aryl methyl sites for hydroxylation is 1. The number of methoxy groups -OCH3 is 2. The summed E-state index contributed by atoms with van der Waals surface area (Å²) >= 11 is 0. The van der Waals surface area contributed by atoms with Gasteiger partial charge in [-0.2, -0.15) is 0 Å². The van der Waals surface area contributed by atoms with Crippen molar-refractivity contribution in [2.45, 2.75) is 13.0 Å². The summed E-state index contributed by atoms with van der Waals surface area (Å²) in [6.07, 6.45) is 0. The number of ether oxygens (including phenoxy) is 2. The summed E-state index contributed by atoms with van der Waals surface area (Å²) in [7, 11) is 3.01. The molecular weight excluding hydrogens is 276 g/mol. The molecule has 0 fully saturated rings. The molecule has 0 radical (unpaired) electrons. The van der Waals surface area contributed by atoms with Gasteiger partial charge >= 0.3 is 0 Å². The predicted octanol–water partition coefficient (Wildman–Crippen LogP) is 3.34. The monoisotopic (exact) mass is 293 g/mol. The third-order valence-corrected chi connectivity index (χ3v) is 3.38. The van der Waals surface area contributed by atoms with Crippen LogP contribution < -0.4 is 15.2 Å². The third-order valence-electron chi connectivity index (χ3n) is 3.38. The highest BCUT2D eigenvalue weighted by molar-refractivity contribution is 5.46. The Balaban J connectivity index is 2.53. The van der Waals surface area contributed by atoms with Gasteiger partial charge in [-0.3, -0.25) is 0 Å². The molecule has 112 valence electrons. The molecule has 2 aromatic carbocycles. The second kappa shape index (κ2) is 6.10. The van der Waals surface area contributed by atoms with Crippen LogP contribution in [0.1, 0.15) is 22.7 Å². The average molecular weight is 293 g/mol. The van der Waals surface area contributed by atoms with Gasteiger partial charge in [0.1, 0.15) is 23.1 Å². The molecule has 0 heterocycles. The summed E-state index contributed by atoms with van der Waals surface area (Å²) < 4.78 is 38.1. The van der Waals surface area contributed by atoms with Gasteiger partial charge in [0, 0.05) is 11.1 Å². The number of benzene rings is 2. The van der Waals surface area contributed by atoms with Gasteiger partial charge in [0.15, 0.2) is 0 Å². The Morgan fingerprint density at radius 2 is 1.67 bits per heavy atom. The minimum absolute atomic E-state index is 0.0738. The van der Waals surface area contributed by atoms with Crippen LogP contribution in [-0.4, -0.2) is 14.2 Å². The van der Waals surface area contributed by atoms with Crippen LogP contribution in [0.25, 0.3) is 0 Å². The number of hydrogen-bond donors (Lipinski definition) is 1. The maximum atomic E-state index is 14.1. The van der Waals surface area contributed by atoms with Crippen LogP contribution in [-0.2, 0) is 0 Å². The molecule has 0 spiro atoms. The fraction of sp³-hybridized carbons (Fsp3) is 0.250. The van der Waals surface area contributed by atoms with E-state index in [0.29, 0.717) is 17.1 Å². The third kappa shape index (κ3) is 2.97. The molecule has 1 unspecified atom stereocenters. The van der Waals surface area contributed by atoms with Gasteiger partial charge in [-0.05, 0) is 42.8 Å². The standard InChI is InChI=1S/C16H17F2NO2/c1-9-6-14(18)11(8-13(9)17)16(19)12-7-10(20-2)4-5-15(12)21-3/h4-8,16H,19H2,1-3H3. The van der Waals surface area contributed by atoms with Crippen LogP contribution in [0.5, 0.6) is 11.5 Å². The van der Waals surface area contributed by atoms with Gasteiger partial charge in [0.2, 0.25) is 0 Å². The number of rotatable bonds is 4. The van der Waals surface area contributed by atoms with Crippen molar-refractivity contribution in [3.8, 4) is 11.5 Å². The smallest absolute Gasteiger partial charge is 0.128 e. The highest BCUT2D eigenvalue weighted by atomic mass is 19.1. The molecule has 5 heteroatoms. The predicted molar refractivity (Wildman–Crippen MR) is 76.7 cm³/mol. The zero-order chi connectivity index (χ0) is 15.6. The normalized spacial score (nSPS) is 12.1. The Hall–Kier alpha value is -2.14. The lowest BCUT2D eigenvalue weighted by atomic mass is 9.96. The first kappa shape index (κ1) is 15.3. The van der Waals surface area contributed by atoms with Crippen LogP contribution in [0, 0.1) is 18.6 Å². The molecule has 0 saturated carbocycles. The summed E-state index contributed by atoms with van der Waals surface area (Å²) in [6, 6.07) is 6.44. The summed E-state index contributed by atoms with van der Waals surface area (Å²) in [5.41, 5.74) is 6.93. The first-order valence-corrected chi connectivity index (χ1v) is 6.41. The Bertz CT molecular complexity index is 659. The highest BCUT2D eigenvalue weighted by Gasteiger charge is 2.20. The molecule has 2 aromatic rings. The minimum Gasteiger partial charge on any atom is -0.497 e. The lowest BCUT2D eigenvalue weighted by molar-refractivity contribution is 0.396. The van der Waals surface area contributed by atoms with Crippen molar-refractivity contribution in [2.24, 2.45) is 5.73 Å². The molecule has 3 nitrogen and oxygen atoms in total. The number of hydrogen-bond acceptors (Lipinski definition) is 3. The van der Waals surface area contributed by atoms with Gasteiger partial charge in [0.05, 0.1) is 20.3 Å². The molecule has 0 saturated heterocycles. The van der Waals surface area contributed by atoms with Gasteiger partial charge in [0.25, 0.3) is 0 Å². The Morgan fingerprint density at radius 3 is 2.29 bits per heavy atom. The lowest BCUT2D eigenvalue weighted by Crippen LogP contribution is -2.15. The van der Waals surface area contributed by atoms with Gasteiger partial charge < -0.3 is 15.2 Å². The van der Waals surface area contributed by atoms with Crippen molar-refractivity contribution >= 4 is 0 Å². The zero-order valence-corrected chi connectivity index (χ0v) is 12.1. The number of halogens is 2. The zero-order valence-electron chi connectivity index (χ0n) is 12.1. The van der Waals surface area contributed by atoms with E-state index in [4.69, 9.17) is 15.2 Å². The van der Waals surface area contributed by atoms with Crippen LogP contribution in [0.4, 0.5) is 8.78 Å². The van der Waals surface area contributed by atoms with E-state index in [1.54, 1.807) is 18.2 Å². The van der Waals surface area contributed by atoms with Crippen LogP contribution in [0.15, 0.2) is 30.3 Å². The molecule has 1 atom stereocenters. The van der Waals surface area contributed by atoms with Crippen molar-refractivity contribution in [2.75, 3.05) is 14.2 Å². The second-order valence-corrected chi connectivity index (χ2v) is 4.71. The van der Waals surface area contributed by atoms with Crippen LogP contribution in [0.2, 0.25) is 0 Å². The maximum absolute atomic E-state index is 14.1. The van der Waals surface area contributed by atoms with E-state index in [0.717, 1.165) is 12.1 Å². The fourth-order valence-electron chi connectivity index (χ4n) is 2.15. The summed E-state index contributed by atoms with van der Waals surface area (Å²) in [5, 5.41) is 0. The quantitative estimate of drug-likeness (QED) is 0.940. The van der Waals surface area contributed by atoms with E-state index < -0.39 is 17.7 Å². The maximum Gasteiger partial charge on any atom is 0.128 e. The first-order chi connectivity index (χ1) is 9.97. The summed E-state index contributed by atoms with van der Waals surface area (Å²) in [6.45, 7) is 1.50. The van der Waals surface area contributed by atoms with E-state index in [-0.39, 0.29) is 11.1 Å². The Kier molecular flexibility index (Phi) is 4.43. The molecule has 2 N–H and O–H groups in total. The molecule has 0 aliphatic rings. The van der Waals surface area contributed by atoms with Crippen molar-refractivity contribution < 1.29 is 18.3 Å². The van der Waals surface area contributed by atoms with E-state index in [9.17, 15) is 8.78 Å². The lowest BCUT2D eigenvalue weighted by Gasteiger charge is -2.18. The topological polar surface area (TPSA) is 44.5 Å². The van der Waals surface area contributed by atoms with Crippen molar-refractivity contribution in [1.82, 2.24) is 0 Å². The van der Waals surface area contributed by atoms with Gasteiger partial charge in [-0.15, -0.1) is 0 Å². The molecule has 21 heavy (non-hydrogen) atoms. The van der Waals surface area contributed by atoms with E-state index in [1.165, 1.54) is 21.1 Å². The SMILES string of the molecule is COc1ccc(OC)c(C(N)c2cc(F)c(C)cc2F)c1. The molecule has 0 amide bonds. The largest absolute Gasteiger partial charge is 0.497 e. The van der Waals surface area contributed by atoms with E-state index in [1.807, 2.05) is 0 Å². The van der Waals surface area contributed by atoms with Gasteiger partial charge in [-0.25, -0.2) is 8.78 Å². The molecular formula is C16H17F2NO2. The Labute approximate surface area is 122 Å². The Morgan fingerprint density at radius 1 is 0.952 bits per heavy atom. The van der Waals surface area contributed by atoms with Crippen molar-refractivity contribution in [3.05, 3.63) is 58.7 Å². The second-order valence-electron chi connectivity index (χ2n) is 4.71. The van der Waals surface area contributed by atoms with Gasteiger partial charge in [-0.1, -0.05) is 0 Å². The van der Waals surface area contributed by atoms with Crippen LogP contribution in [0.3, 0.4) is 0 Å². The molecule has 0 aliphatic heterocycles. The first-order valence-electron chi connectivity index (χ1n) is 6.41. The summed E-state index contributed by atoms with van der Waals surface area (Å²) in [5.74, 6) is 0.00732. The van der Waals surface area contributed by atoms with Crippen molar-refractivity contribution in [3.63, 3.8) is 0 Å². The fourth-order valence-corrected chi connectivity index (χ4v) is 2.15. The van der Waals surface area contributed by atoms with E-state index in [2.05, 4.69) is 0 Å². The molecule has 0 aliphatic carbocycles. The van der Waals surface area contributed by atoms with Crippen molar-refractivity contribution in [1.29, 1.82) is 0 Å². The molecule has 0 aromatic heterocycles. The highest BCUT2D eigenvalue weighted by Crippen LogP contribution is 2.33. The average Bonchev–Trinajstić information content (AvgIpc) is 2.49. The number of nitrogens with two attached hydrogens (primary N) is 1. The minimum atomic E-state index is -0.856. The molecule has 0 bridgehead atoms. The molecule has 2 rings (SSSR count). The van der Waals surface area contributed by atoms with E-state index >= 15 is 0 Å². The van der Waals surface area contributed by atoms with Crippen LogP contribution >= 0.6 is 0 Å². The summed E-state index contributed by atoms with van der Waals surface area (Å²) in [4.78, 5) is 0.